The maximum absolute atomic E-state index is 11.3. The molecule has 2 aromatic carbocycles. The first-order chi connectivity index (χ1) is 10.2. The molecule has 0 spiro atoms. The van der Waals surface area contributed by atoms with E-state index in [2.05, 4.69) is 5.32 Å². The van der Waals surface area contributed by atoms with Crippen LogP contribution in [0.15, 0.2) is 42.5 Å². The Labute approximate surface area is 122 Å². The van der Waals surface area contributed by atoms with Gasteiger partial charge in [-0.15, -0.1) is 0 Å². The molecule has 0 aliphatic carbocycles. The minimum Gasteiger partial charge on any atom is -0.482 e. The number of fused-ring (bicyclic) bond motifs is 1. The van der Waals surface area contributed by atoms with E-state index in [9.17, 15) is 9.59 Å². The van der Waals surface area contributed by atoms with Gasteiger partial charge in [-0.25, -0.2) is 0 Å². The zero-order chi connectivity index (χ0) is 14.7. The van der Waals surface area contributed by atoms with Gasteiger partial charge in [0.25, 0.3) is 5.91 Å². The smallest absolute Gasteiger partial charge is 0.262 e. The van der Waals surface area contributed by atoms with Gasteiger partial charge in [-0.2, -0.15) is 0 Å². The lowest BCUT2D eigenvalue weighted by Crippen LogP contribution is -2.25. The first-order valence-corrected chi connectivity index (χ1v) is 6.54. The van der Waals surface area contributed by atoms with Crippen LogP contribution in [-0.4, -0.2) is 18.8 Å². The largest absolute Gasteiger partial charge is 0.482 e. The third-order valence-electron chi connectivity index (χ3n) is 3.15. The van der Waals surface area contributed by atoms with E-state index in [1.165, 1.54) is 0 Å². The van der Waals surface area contributed by atoms with Gasteiger partial charge in [-0.05, 0) is 29.3 Å². The van der Waals surface area contributed by atoms with Gasteiger partial charge in [0.15, 0.2) is 6.61 Å². The Morgan fingerprint density at radius 2 is 1.76 bits per heavy atom. The summed E-state index contributed by atoms with van der Waals surface area (Å²) in [7, 11) is 0. The Bertz CT molecular complexity index is 735. The minimum absolute atomic E-state index is 0.0562. The fourth-order valence-corrected chi connectivity index (χ4v) is 2.13. The molecule has 0 fully saturated rings. The maximum atomic E-state index is 11.3. The predicted octanol–water partition coefficient (Wildman–Crippen LogP) is 3.00. The summed E-state index contributed by atoms with van der Waals surface area (Å²) in [6, 6.07) is 12.9. The molecule has 3 rings (SSSR count). The Kier molecular flexibility index (Phi) is 3.51. The van der Waals surface area contributed by atoms with Crippen molar-refractivity contribution in [2.24, 2.45) is 0 Å². The third-order valence-corrected chi connectivity index (χ3v) is 3.15. The number of hydrogen-bond acceptors (Lipinski definition) is 3. The minimum atomic E-state index is -0.151. The third kappa shape index (κ3) is 3.00. The van der Waals surface area contributed by atoms with Crippen LogP contribution in [0.3, 0.4) is 0 Å². The highest BCUT2D eigenvalue weighted by Gasteiger charge is 2.15. The van der Waals surface area contributed by atoms with Crippen LogP contribution in [-0.2, 0) is 4.79 Å². The molecule has 0 radical (unpaired) electrons. The molecular weight excluding hydrogens is 266 g/mol. The summed E-state index contributed by atoms with van der Waals surface area (Å²) in [5, 5.41) is 2.77. The number of hydrogen-bond donors (Lipinski definition) is 1. The monoisotopic (exact) mass is 279 g/mol. The lowest BCUT2D eigenvalue weighted by atomic mass is 10.1. The van der Waals surface area contributed by atoms with Crippen molar-refractivity contribution in [1.29, 1.82) is 0 Å². The van der Waals surface area contributed by atoms with Crippen LogP contribution in [0.1, 0.15) is 21.5 Å². The quantitative estimate of drug-likeness (QED) is 0.694. The van der Waals surface area contributed by atoms with Crippen molar-refractivity contribution < 1.29 is 14.3 Å². The summed E-state index contributed by atoms with van der Waals surface area (Å²) >= 11 is 0. The summed E-state index contributed by atoms with van der Waals surface area (Å²) in [4.78, 5) is 22.0. The average molecular weight is 279 g/mol. The van der Waals surface area contributed by atoms with E-state index in [-0.39, 0.29) is 12.5 Å². The summed E-state index contributed by atoms with van der Waals surface area (Å²) in [6.07, 6.45) is 4.66. The van der Waals surface area contributed by atoms with E-state index in [1.54, 1.807) is 6.07 Å². The molecule has 1 heterocycles. The molecule has 4 heteroatoms. The molecule has 0 saturated carbocycles. The molecule has 104 valence electrons. The number of rotatable bonds is 3. The van der Waals surface area contributed by atoms with E-state index < -0.39 is 0 Å². The number of carbonyl (C=O) groups is 2. The number of aldehydes is 1. The van der Waals surface area contributed by atoms with Crippen molar-refractivity contribution in [2.45, 2.75) is 0 Å². The summed E-state index contributed by atoms with van der Waals surface area (Å²) in [5.41, 5.74) is 3.20. The molecule has 1 N–H and O–H groups in total. The van der Waals surface area contributed by atoms with Crippen molar-refractivity contribution in [3.05, 3.63) is 59.2 Å². The Hall–Kier alpha value is -2.88. The van der Waals surface area contributed by atoms with E-state index in [0.717, 1.165) is 17.4 Å². The SMILES string of the molecule is O=Cc1cccc(/C=C/c2ccc3c(c2)NC(=O)CO3)c1. The second kappa shape index (κ2) is 5.63. The van der Waals surface area contributed by atoms with Gasteiger partial charge >= 0.3 is 0 Å². The van der Waals surface area contributed by atoms with E-state index in [0.29, 0.717) is 17.0 Å². The van der Waals surface area contributed by atoms with Crippen LogP contribution < -0.4 is 10.1 Å². The molecule has 1 aliphatic heterocycles. The highest BCUT2D eigenvalue weighted by Crippen LogP contribution is 2.29. The molecule has 0 aromatic heterocycles. The molecular formula is C17H13NO3. The lowest BCUT2D eigenvalue weighted by Gasteiger charge is -2.17. The molecule has 2 aromatic rings. The van der Waals surface area contributed by atoms with Crippen LogP contribution in [0.25, 0.3) is 12.2 Å². The van der Waals surface area contributed by atoms with E-state index >= 15 is 0 Å². The summed E-state index contributed by atoms with van der Waals surface area (Å²) in [6.45, 7) is 0.0562. The molecule has 21 heavy (non-hydrogen) atoms. The number of ether oxygens (including phenoxy) is 1. The number of amides is 1. The standard InChI is InChI=1S/C17H13NO3/c19-10-14-3-1-2-12(8-14)4-5-13-6-7-16-15(9-13)18-17(20)11-21-16/h1-10H,11H2,(H,18,20)/b5-4+. The van der Waals surface area contributed by atoms with Crippen molar-refractivity contribution >= 4 is 30.0 Å². The van der Waals surface area contributed by atoms with Gasteiger partial charge in [0.2, 0.25) is 0 Å². The highest BCUT2D eigenvalue weighted by molar-refractivity contribution is 5.95. The highest BCUT2D eigenvalue weighted by atomic mass is 16.5. The Morgan fingerprint density at radius 1 is 1.00 bits per heavy atom. The van der Waals surface area contributed by atoms with Crippen molar-refractivity contribution in [3.63, 3.8) is 0 Å². The number of nitrogens with one attached hydrogen (secondary N) is 1. The first kappa shape index (κ1) is 13.1. The predicted molar refractivity (Wildman–Crippen MR) is 81.3 cm³/mol. The van der Waals surface area contributed by atoms with Gasteiger partial charge in [-0.3, -0.25) is 9.59 Å². The number of benzene rings is 2. The topological polar surface area (TPSA) is 55.4 Å². The summed E-state index contributed by atoms with van der Waals surface area (Å²) in [5.74, 6) is 0.525. The molecule has 0 unspecified atom stereocenters. The van der Waals surface area contributed by atoms with E-state index in [1.807, 2.05) is 48.6 Å². The van der Waals surface area contributed by atoms with Crippen LogP contribution in [0.2, 0.25) is 0 Å². The summed E-state index contributed by atoms with van der Waals surface area (Å²) < 4.78 is 5.31. The van der Waals surface area contributed by atoms with Crippen molar-refractivity contribution in [3.8, 4) is 5.75 Å². The molecule has 0 saturated heterocycles. The second-order valence-corrected chi connectivity index (χ2v) is 4.71. The zero-order valence-electron chi connectivity index (χ0n) is 11.2. The fraction of sp³-hybridized carbons (Fsp3) is 0.0588. The Morgan fingerprint density at radius 3 is 2.57 bits per heavy atom. The van der Waals surface area contributed by atoms with Crippen LogP contribution in [0, 0.1) is 0 Å². The molecule has 4 nitrogen and oxygen atoms in total. The molecule has 0 bridgehead atoms. The van der Waals surface area contributed by atoms with Gasteiger partial charge in [-0.1, -0.05) is 36.4 Å². The van der Waals surface area contributed by atoms with Gasteiger partial charge in [0.05, 0.1) is 5.69 Å². The van der Waals surface area contributed by atoms with Gasteiger partial charge < -0.3 is 10.1 Å². The molecule has 0 atom stereocenters. The number of anilines is 1. The molecule has 1 aliphatic rings. The first-order valence-electron chi connectivity index (χ1n) is 6.54. The second-order valence-electron chi connectivity index (χ2n) is 4.71. The van der Waals surface area contributed by atoms with E-state index in [4.69, 9.17) is 4.74 Å². The maximum Gasteiger partial charge on any atom is 0.262 e. The van der Waals surface area contributed by atoms with Crippen molar-refractivity contribution in [1.82, 2.24) is 0 Å². The van der Waals surface area contributed by atoms with Gasteiger partial charge in [0.1, 0.15) is 12.0 Å². The van der Waals surface area contributed by atoms with Crippen LogP contribution in [0.5, 0.6) is 5.75 Å². The number of carbonyl (C=O) groups excluding carboxylic acids is 2. The van der Waals surface area contributed by atoms with Gasteiger partial charge in [0, 0.05) is 5.56 Å². The molecule has 1 amide bonds. The average Bonchev–Trinajstić information content (AvgIpc) is 2.52. The van der Waals surface area contributed by atoms with Crippen molar-refractivity contribution in [2.75, 3.05) is 11.9 Å². The lowest BCUT2D eigenvalue weighted by molar-refractivity contribution is -0.118. The van der Waals surface area contributed by atoms with Crippen LogP contribution >= 0.6 is 0 Å². The normalized spacial score (nSPS) is 13.4. The zero-order valence-corrected chi connectivity index (χ0v) is 11.2. The fourth-order valence-electron chi connectivity index (χ4n) is 2.13. The Balaban J connectivity index is 1.84. The van der Waals surface area contributed by atoms with Crippen LogP contribution in [0.4, 0.5) is 5.69 Å².